The van der Waals surface area contributed by atoms with Crippen LogP contribution in [-0.2, 0) is 4.79 Å². The predicted molar refractivity (Wildman–Crippen MR) is 71.8 cm³/mol. The normalized spacial score (nSPS) is 11.6. The maximum atomic E-state index is 10.5. The number of carbonyl (C=O) groups is 1. The van der Waals surface area contributed by atoms with Crippen LogP contribution in [0.5, 0.6) is 0 Å². The van der Waals surface area contributed by atoms with Crippen molar-refractivity contribution >= 4 is 16.8 Å². The maximum absolute atomic E-state index is 10.5. The summed E-state index contributed by atoms with van der Waals surface area (Å²) >= 11 is 5.25. The standard InChI is InChI=1S/C14H23ClO/c1-2-3-4-5-6-7-8-9-10-11-12-13-14(15)16/h2-5H,6-13H2,1H3/b3-2+,5-4+. The van der Waals surface area contributed by atoms with Crippen molar-refractivity contribution in [1.29, 1.82) is 0 Å². The third kappa shape index (κ3) is 13.4. The topological polar surface area (TPSA) is 17.1 Å². The van der Waals surface area contributed by atoms with E-state index in [1.54, 1.807) is 0 Å². The summed E-state index contributed by atoms with van der Waals surface area (Å²) < 4.78 is 0. The van der Waals surface area contributed by atoms with Crippen molar-refractivity contribution in [2.75, 3.05) is 0 Å². The van der Waals surface area contributed by atoms with Crippen LogP contribution in [0.1, 0.15) is 58.3 Å². The monoisotopic (exact) mass is 242 g/mol. The molecule has 0 radical (unpaired) electrons. The largest absolute Gasteiger partial charge is 0.281 e. The van der Waals surface area contributed by atoms with E-state index in [0.717, 1.165) is 12.8 Å². The van der Waals surface area contributed by atoms with Gasteiger partial charge in [0.15, 0.2) is 0 Å². The number of allylic oxidation sites excluding steroid dienone is 4. The zero-order valence-electron chi connectivity index (χ0n) is 10.3. The summed E-state index contributed by atoms with van der Waals surface area (Å²) in [6, 6.07) is 0. The smallest absolute Gasteiger partial charge is 0.221 e. The van der Waals surface area contributed by atoms with Crippen LogP contribution in [0.2, 0.25) is 0 Å². The molecule has 16 heavy (non-hydrogen) atoms. The molecule has 0 aromatic heterocycles. The lowest BCUT2D eigenvalue weighted by molar-refractivity contribution is -0.111. The molecule has 0 fully saturated rings. The summed E-state index contributed by atoms with van der Waals surface area (Å²) in [5, 5.41) is -0.200. The first-order valence-corrected chi connectivity index (χ1v) is 6.61. The number of hydrogen-bond acceptors (Lipinski definition) is 1. The number of unbranched alkanes of at least 4 members (excludes halogenated alkanes) is 6. The van der Waals surface area contributed by atoms with Gasteiger partial charge in [-0.1, -0.05) is 50.0 Å². The van der Waals surface area contributed by atoms with E-state index < -0.39 is 0 Å². The highest BCUT2D eigenvalue weighted by Gasteiger charge is 1.95. The number of hydrogen-bond donors (Lipinski definition) is 0. The molecule has 0 bridgehead atoms. The Balaban J connectivity index is 3.07. The van der Waals surface area contributed by atoms with Crippen molar-refractivity contribution in [3.05, 3.63) is 24.3 Å². The molecule has 92 valence electrons. The van der Waals surface area contributed by atoms with E-state index in [0.29, 0.717) is 6.42 Å². The van der Waals surface area contributed by atoms with Crippen molar-refractivity contribution in [3.8, 4) is 0 Å². The van der Waals surface area contributed by atoms with Crippen LogP contribution in [0.15, 0.2) is 24.3 Å². The van der Waals surface area contributed by atoms with Gasteiger partial charge in [0.05, 0.1) is 0 Å². The molecule has 1 nitrogen and oxygen atoms in total. The van der Waals surface area contributed by atoms with Crippen LogP contribution in [0.3, 0.4) is 0 Å². The van der Waals surface area contributed by atoms with Gasteiger partial charge in [0.2, 0.25) is 5.24 Å². The van der Waals surface area contributed by atoms with E-state index in [4.69, 9.17) is 11.6 Å². The molecule has 0 unspecified atom stereocenters. The highest BCUT2D eigenvalue weighted by molar-refractivity contribution is 6.63. The first-order valence-electron chi connectivity index (χ1n) is 6.23. The van der Waals surface area contributed by atoms with Crippen molar-refractivity contribution in [3.63, 3.8) is 0 Å². The lowest BCUT2D eigenvalue weighted by Gasteiger charge is -1.98. The van der Waals surface area contributed by atoms with Gasteiger partial charge in [0, 0.05) is 6.42 Å². The quantitative estimate of drug-likeness (QED) is 0.299. The fraction of sp³-hybridized carbons (Fsp3) is 0.643. The van der Waals surface area contributed by atoms with Crippen molar-refractivity contribution in [2.45, 2.75) is 58.3 Å². The highest BCUT2D eigenvalue weighted by Crippen LogP contribution is 2.09. The molecule has 0 saturated carbocycles. The van der Waals surface area contributed by atoms with Crippen molar-refractivity contribution in [2.24, 2.45) is 0 Å². The zero-order valence-corrected chi connectivity index (χ0v) is 11.0. The van der Waals surface area contributed by atoms with E-state index in [2.05, 4.69) is 18.2 Å². The number of rotatable bonds is 10. The molecule has 0 heterocycles. The van der Waals surface area contributed by atoms with Gasteiger partial charge in [-0.15, -0.1) is 0 Å². The van der Waals surface area contributed by atoms with Gasteiger partial charge in [-0.25, -0.2) is 0 Å². The van der Waals surface area contributed by atoms with Gasteiger partial charge in [-0.3, -0.25) is 4.79 Å². The first kappa shape index (κ1) is 15.4. The Morgan fingerprint density at radius 2 is 1.62 bits per heavy atom. The fourth-order valence-corrected chi connectivity index (χ4v) is 1.65. The van der Waals surface area contributed by atoms with Crippen LogP contribution in [-0.4, -0.2) is 5.24 Å². The second kappa shape index (κ2) is 12.5. The predicted octanol–water partition coefficient (Wildman–Crippen LogP) is 5.00. The minimum atomic E-state index is -0.200. The molecule has 0 aliphatic heterocycles. The molecule has 0 spiro atoms. The van der Waals surface area contributed by atoms with Crippen LogP contribution < -0.4 is 0 Å². The molecule has 0 atom stereocenters. The van der Waals surface area contributed by atoms with Gasteiger partial charge in [-0.05, 0) is 37.8 Å². The molecule has 2 heteroatoms. The van der Waals surface area contributed by atoms with E-state index in [1.807, 2.05) is 13.0 Å². The maximum Gasteiger partial charge on any atom is 0.221 e. The Morgan fingerprint density at radius 3 is 2.25 bits per heavy atom. The Labute approximate surface area is 105 Å². The van der Waals surface area contributed by atoms with Crippen LogP contribution in [0, 0.1) is 0 Å². The molecule has 0 aliphatic rings. The average Bonchev–Trinajstić information content (AvgIpc) is 2.25. The molecule has 0 amide bonds. The molecule has 0 aliphatic carbocycles. The Hall–Kier alpha value is -0.560. The molecular weight excluding hydrogens is 220 g/mol. The average molecular weight is 243 g/mol. The Morgan fingerprint density at radius 1 is 1.00 bits per heavy atom. The summed E-state index contributed by atoms with van der Waals surface area (Å²) in [6.07, 6.45) is 17.2. The second-order valence-corrected chi connectivity index (χ2v) is 4.39. The van der Waals surface area contributed by atoms with Crippen LogP contribution in [0.4, 0.5) is 0 Å². The molecule has 0 N–H and O–H groups in total. The zero-order chi connectivity index (χ0) is 12.1. The molecular formula is C14H23ClO. The lowest BCUT2D eigenvalue weighted by Crippen LogP contribution is -1.86. The Kier molecular flexibility index (Phi) is 12.1. The molecule has 0 saturated heterocycles. The minimum Gasteiger partial charge on any atom is -0.281 e. The van der Waals surface area contributed by atoms with Crippen LogP contribution >= 0.6 is 11.6 Å². The molecule has 0 aromatic rings. The fourth-order valence-electron chi connectivity index (χ4n) is 1.52. The number of halogens is 1. The van der Waals surface area contributed by atoms with Gasteiger partial charge < -0.3 is 0 Å². The lowest BCUT2D eigenvalue weighted by atomic mass is 10.1. The summed E-state index contributed by atoms with van der Waals surface area (Å²) in [4.78, 5) is 10.5. The minimum absolute atomic E-state index is 0.200. The van der Waals surface area contributed by atoms with Gasteiger partial charge in [0.1, 0.15) is 0 Å². The van der Waals surface area contributed by atoms with Gasteiger partial charge >= 0.3 is 0 Å². The van der Waals surface area contributed by atoms with Crippen LogP contribution in [0.25, 0.3) is 0 Å². The van der Waals surface area contributed by atoms with E-state index in [-0.39, 0.29) is 5.24 Å². The van der Waals surface area contributed by atoms with E-state index >= 15 is 0 Å². The van der Waals surface area contributed by atoms with Gasteiger partial charge in [-0.2, -0.15) is 0 Å². The second-order valence-electron chi connectivity index (χ2n) is 3.97. The van der Waals surface area contributed by atoms with Gasteiger partial charge in [0.25, 0.3) is 0 Å². The summed E-state index contributed by atoms with van der Waals surface area (Å²) in [5.74, 6) is 0. The van der Waals surface area contributed by atoms with E-state index in [9.17, 15) is 4.79 Å². The Bertz CT molecular complexity index is 219. The summed E-state index contributed by atoms with van der Waals surface area (Å²) in [5.41, 5.74) is 0. The first-order chi connectivity index (χ1) is 7.77. The molecule has 0 aromatic carbocycles. The number of carbonyl (C=O) groups excluding carboxylic acids is 1. The summed E-state index contributed by atoms with van der Waals surface area (Å²) in [6.45, 7) is 2.02. The summed E-state index contributed by atoms with van der Waals surface area (Å²) in [7, 11) is 0. The van der Waals surface area contributed by atoms with E-state index in [1.165, 1.54) is 32.1 Å². The third-order valence-electron chi connectivity index (χ3n) is 2.43. The van der Waals surface area contributed by atoms with Crippen molar-refractivity contribution < 1.29 is 4.79 Å². The van der Waals surface area contributed by atoms with Crippen molar-refractivity contribution in [1.82, 2.24) is 0 Å². The highest BCUT2D eigenvalue weighted by atomic mass is 35.5. The molecule has 0 rings (SSSR count). The SMILES string of the molecule is C/C=C/C=C/CCCCCCCCC(=O)Cl. The third-order valence-corrected chi connectivity index (χ3v) is 2.62.